The van der Waals surface area contributed by atoms with Gasteiger partial charge in [-0.3, -0.25) is 10.1 Å². The first-order valence-corrected chi connectivity index (χ1v) is 7.64. The number of rotatable bonds is 7. The van der Waals surface area contributed by atoms with Crippen molar-refractivity contribution in [2.24, 2.45) is 5.92 Å². The van der Waals surface area contributed by atoms with E-state index in [4.69, 9.17) is 4.74 Å². The minimum atomic E-state index is 0.00436. The third-order valence-electron chi connectivity index (χ3n) is 4.12. The van der Waals surface area contributed by atoms with E-state index in [-0.39, 0.29) is 12.1 Å². The quantitative estimate of drug-likeness (QED) is 0.783. The van der Waals surface area contributed by atoms with E-state index in [1.807, 2.05) is 29.2 Å². The Morgan fingerprint density at radius 1 is 1.33 bits per heavy atom. The summed E-state index contributed by atoms with van der Waals surface area (Å²) in [7, 11) is 0. The van der Waals surface area contributed by atoms with Crippen molar-refractivity contribution in [2.45, 2.75) is 25.4 Å². The molecule has 1 saturated heterocycles. The number of hydrogen-bond donors (Lipinski definition) is 1. The molecule has 1 heterocycles. The summed E-state index contributed by atoms with van der Waals surface area (Å²) in [6, 6.07) is 7.95. The highest BCUT2D eigenvalue weighted by atomic mass is 16.5. The fraction of sp³-hybridized carbons (Fsp3) is 0.471. The van der Waals surface area contributed by atoms with Crippen LogP contribution in [0.15, 0.2) is 36.9 Å². The number of nitrogens with one attached hydrogen (secondary N) is 1. The average molecular weight is 286 g/mol. The molecule has 1 aromatic rings. The van der Waals surface area contributed by atoms with E-state index in [9.17, 15) is 4.79 Å². The maximum Gasteiger partial charge on any atom is 0.238 e. The van der Waals surface area contributed by atoms with E-state index in [0.717, 1.165) is 30.2 Å². The second-order valence-corrected chi connectivity index (χ2v) is 5.77. The molecule has 0 radical (unpaired) electrons. The molecular weight excluding hydrogens is 264 g/mol. The van der Waals surface area contributed by atoms with Crippen LogP contribution in [0.1, 0.15) is 31.0 Å². The number of nitrogens with zero attached hydrogens (tertiary/aromatic N) is 1. The number of carbonyl (C=O) groups excluding carboxylic acids is 1. The minimum Gasteiger partial charge on any atom is -0.490 e. The summed E-state index contributed by atoms with van der Waals surface area (Å²) < 4.78 is 5.49. The molecule has 1 aliphatic carbocycles. The van der Waals surface area contributed by atoms with Crippen LogP contribution < -0.4 is 10.1 Å². The lowest BCUT2D eigenvalue weighted by molar-refractivity contribution is -0.128. The maximum absolute atomic E-state index is 12.0. The minimum absolute atomic E-state index is 0.00436. The summed E-state index contributed by atoms with van der Waals surface area (Å²) >= 11 is 0. The van der Waals surface area contributed by atoms with Crippen LogP contribution in [0.25, 0.3) is 0 Å². The van der Waals surface area contributed by atoms with E-state index in [1.54, 1.807) is 6.08 Å². The van der Waals surface area contributed by atoms with Gasteiger partial charge >= 0.3 is 0 Å². The fourth-order valence-electron chi connectivity index (χ4n) is 2.72. The molecule has 0 aromatic heterocycles. The van der Waals surface area contributed by atoms with Crippen LogP contribution >= 0.6 is 0 Å². The summed E-state index contributed by atoms with van der Waals surface area (Å²) in [6.07, 6.45) is 5.52. The van der Waals surface area contributed by atoms with Crippen molar-refractivity contribution in [3.63, 3.8) is 0 Å². The van der Waals surface area contributed by atoms with Crippen LogP contribution in [0.3, 0.4) is 0 Å². The van der Waals surface area contributed by atoms with Gasteiger partial charge in [0.05, 0.1) is 6.54 Å². The smallest absolute Gasteiger partial charge is 0.238 e. The average Bonchev–Trinajstić information content (AvgIpc) is 3.27. The fourth-order valence-corrected chi connectivity index (χ4v) is 2.72. The largest absolute Gasteiger partial charge is 0.490 e. The SMILES string of the molecule is C=CCOc1ccc(C2NCC(=O)N2CCC2CC2)cc1. The van der Waals surface area contributed by atoms with Crippen molar-refractivity contribution in [1.82, 2.24) is 10.2 Å². The molecule has 0 bridgehead atoms. The molecule has 4 heteroatoms. The van der Waals surface area contributed by atoms with Crippen molar-refractivity contribution >= 4 is 5.91 Å². The van der Waals surface area contributed by atoms with Crippen molar-refractivity contribution < 1.29 is 9.53 Å². The molecule has 3 rings (SSSR count). The van der Waals surface area contributed by atoms with Crippen LogP contribution in [0.2, 0.25) is 0 Å². The molecule has 2 aliphatic rings. The Hall–Kier alpha value is -1.81. The predicted molar refractivity (Wildman–Crippen MR) is 81.9 cm³/mol. The lowest BCUT2D eigenvalue weighted by Gasteiger charge is -2.24. The van der Waals surface area contributed by atoms with E-state index in [1.165, 1.54) is 12.8 Å². The number of benzene rings is 1. The Kier molecular flexibility index (Phi) is 4.25. The molecule has 1 saturated carbocycles. The third-order valence-corrected chi connectivity index (χ3v) is 4.12. The van der Waals surface area contributed by atoms with Crippen molar-refractivity contribution in [1.29, 1.82) is 0 Å². The Balaban J connectivity index is 1.65. The zero-order valence-corrected chi connectivity index (χ0v) is 12.3. The summed E-state index contributed by atoms with van der Waals surface area (Å²) in [5.41, 5.74) is 1.11. The third kappa shape index (κ3) is 3.45. The van der Waals surface area contributed by atoms with Crippen molar-refractivity contribution in [3.05, 3.63) is 42.5 Å². The molecule has 21 heavy (non-hydrogen) atoms. The molecule has 1 aromatic carbocycles. The first-order valence-electron chi connectivity index (χ1n) is 7.64. The van der Waals surface area contributed by atoms with Crippen molar-refractivity contribution in [2.75, 3.05) is 19.7 Å². The standard InChI is InChI=1S/C17H22N2O2/c1-2-11-21-15-7-5-14(6-8-15)17-18-12-16(20)19(17)10-9-13-3-4-13/h2,5-8,13,17-18H,1,3-4,9-12H2. The summed E-state index contributed by atoms with van der Waals surface area (Å²) in [5.74, 6) is 1.87. The Morgan fingerprint density at radius 2 is 2.10 bits per heavy atom. The van der Waals surface area contributed by atoms with E-state index in [0.29, 0.717) is 13.2 Å². The zero-order chi connectivity index (χ0) is 14.7. The highest BCUT2D eigenvalue weighted by Crippen LogP contribution is 2.34. The summed E-state index contributed by atoms with van der Waals surface area (Å²) in [4.78, 5) is 14.0. The lowest BCUT2D eigenvalue weighted by atomic mass is 10.1. The first-order chi connectivity index (χ1) is 10.3. The molecule has 4 nitrogen and oxygen atoms in total. The molecule has 1 aliphatic heterocycles. The van der Waals surface area contributed by atoms with Gasteiger partial charge in [-0.25, -0.2) is 0 Å². The Morgan fingerprint density at radius 3 is 2.76 bits per heavy atom. The van der Waals surface area contributed by atoms with Gasteiger partial charge in [0.1, 0.15) is 18.5 Å². The van der Waals surface area contributed by atoms with Gasteiger partial charge in [-0.15, -0.1) is 0 Å². The molecule has 1 unspecified atom stereocenters. The van der Waals surface area contributed by atoms with E-state index in [2.05, 4.69) is 11.9 Å². The van der Waals surface area contributed by atoms with Crippen LogP contribution in [-0.2, 0) is 4.79 Å². The number of ether oxygens (including phenoxy) is 1. The van der Waals surface area contributed by atoms with Gasteiger partial charge in [0.15, 0.2) is 0 Å². The maximum atomic E-state index is 12.0. The summed E-state index contributed by atoms with van der Waals surface area (Å²) in [6.45, 7) is 5.43. The van der Waals surface area contributed by atoms with Crippen LogP contribution in [0.4, 0.5) is 0 Å². The second kappa shape index (κ2) is 6.31. The Bertz CT molecular complexity index is 508. The van der Waals surface area contributed by atoms with E-state index >= 15 is 0 Å². The normalized spacial score (nSPS) is 21.6. The van der Waals surface area contributed by atoms with Gasteiger partial charge in [-0.05, 0) is 30.0 Å². The number of amides is 1. The van der Waals surface area contributed by atoms with Gasteiger partial charge in [0.2, 0.25) is 5.91 Å². The molecule has 0 spiro atoms. The molecule has 2 fully saturated rings. The molecule has 1 amide bonds. The Labute approximate surface area is 125 Å². The number of carbonyl (C=O) groups is 1. The molecule has 1 atom stereocenters. The van der Waals surface area contributed by atoms with Gasteiger partial charge in [0.25, 0.3) is 0 Å². The number of hydrogen-bond acceptors (Lipinski definition) is 3. The topological polar surface area (TPSA) is 41.6 Å². The van der Waals surface area contributed by atoms with Crippen LogP contribution in [-0.4, -0.2) is 30.5 Å². The monoisotopic (exact) mass is 286 g/mol. The predicted octanol–water partition coefficient (Wildman–Crippen LogP) is 2.48. The van der Waals surface area contributed by atoms with Crippen LogP contribution in [0, 0.1) is 5.92 Å². The van der Waals surface area contributed by atoms with Gasteiger partial charge in [-0.2, -0.15) is 0 Å². The first kappa shape index (κ1) is 14.1. The molecule has 1 N–H and O–H groups in total. The van der Waals surface area contributed by atoms with Crippen molar-refractivity contribution in [3.8, 4) is 5.75 Å². The van der Waals surface area contributed by atoms with Gasteiger partial charge in [-0.1, -0.05) is 37.6 Å². The zero-order valence-electron chi connectivity index (χ0n) is 12.3. The second-order valence-electron chi connectivity index (χ2n) is 5.77. The lowest BCUT2D eigenvalue weighted by Crippen LogP contribution is -2.31. The highest BCUT2D eigenvalue weighted by molar-refractivity contribution is 5.80. The molecule has 112 valence electrons. The van der Waals surface area contributed by atoms with E-state index < -0.39 is 0 Å². The summed E-state index contributed by atoms with van der Waals surface area (Å²) in [5, 5.41) is 3.30. The highest BCUT2D eigenvalue weighted by Gasteiger charge is 2.32. The van der Waals surface area contributed by atoms with Crippen LogP contribution in [0.5, 0.6) is 5.75 Å². The van der Waals surface area contributed by atoms with Gasteiger partial charge < -0.3 is 9.64 Å². The molecular formula is C17H22N2O2. The van der Waals surface area contributed by atoms with Gasteiger partial charge in [0, 0.05) is 6.54 Å².